The van der Waals surface area contributed by atoms with Gasteiger partial charge in [0.05, 0.1) is 18.0 Å². The maximum Gasteiger partial charge on any atom is 0.0645 e. The zero-order valence-corrected chi connectivity index (χ0v) is 13.1. The molecule has 0 saturated carbocycles. The maximum atomic E-state index is 5.94. The minimum absolute atomic E-state index is 0.344. The number of ether oxygens (including phenoxy) is 1. The van der Waals surface area contributed by atoms with Gasteiger partial charge in [0.25, 0.3) is 0 Å². The van der Waals surface area contributed by atoms with Crippen molar-refractivity contribution in [1.29, 1.82) is 0 Å². The van der Waals surface area contributed by atoms with Crippen LogP contribution in [0.25, 0.3) is 5.69 Å². The van der Waals surface area contributed by atoms with Crippen molar-refractivity contribution in [3.05, 3.63) is 48.3 Å². The van der Waals surface area contributed by atoms with E-state index >= 15 is 0 Å². The van der Waals surface area contributed by atoms with Crippen molar-refractivity contribution < 1.29 is 4.74 Å². The van der Waals surface area contributed by atoms with Gasteiger partial charge >= 0.3 is 0 Å². The van der Waals surface area contributed by atoms with E-state index in [0.717, 1.165) is 31.6 Å². The second-order valence-electron chi connectivity index (χ2n) is 5.87. The maximum absolute atomic E-state index is 5.94. The lowest BCUT2D eigenvalue weighted by atomic mass is 9.99. The Morgan fingerprint density at radius 3 is 2.86 bits per heavy atom. The van der Waals surface area contributed by atoms with E-state index in [1.54, 1.807) is 7.11 Å². The molecule has 5 heteroatoms. The monoisotopic (exact) mass is 300 g/mol. The second kappa shape index (κ2) is 7.05. The van der Waals surface area contributed by atoms with Crippen molar-refractivity contribution in [3.63, 3.8) is 0 Å². The molecular formula is C17H24N4O. The smallest absolute Gasteiger partial charge is 0.0645 e. The Hall–Kier alpha value is -1.69. The van der Waals surface area contributed by atoms with Gasteiger partial charge in [0.15, 0.2) is 0 Å². The quantitative estimate of drug-likeness (QED) is 0.915. The lowest BCUT2D eigenvalue weighted by molar-refractivity contribution is 0.0102. The summed E-state index contributed by atoms with van der Waals surface area (Å²) in [6.45, 7) is 2.59. The van der Waals surface area contributed by atoms with E-state index in [4.69, 9.17) is 10.5 Å². The molecule has 3 rings (SSSR count). The van der Waals surface area contributed by atoms with Gasteiger partial charge in [0, 0.05) is 44.5 Å². The van der Waals surface area contributed by atoms with Gasteiger partial charge in [0.1, 0.15) is 0 Å². The number of para-hydroxylation sites is 1. The molecule has 1 fully saturated rings. The number of piperidine rings is 1. The van der Waals surface area contributed by atoms with Gasteiger partial charge in [-0.25, -0.2) is 4.68 Å². The Bertz CT molecular complexity index is 583. The van der Waals surface area contributed by atoms with Gasteiger partial charge < -0.3 is 10.5 Å². The molecule has 0 amide bonds. The van der Waals surface area contributed by atoms with Crippen molar-refractivity contribution in [2.45, 2.75) is 31.5 Å². The Labute approximate surface area is 131 Å². The number of methoxy groups -OCH3 is 1. The summed E-state index contributed by atoms with van der Waals surface area (Å²) in [6, 6.07) is 10.6. The largest absolute Gasteiger partial charge is 0.381 e. The second-order valence-corrected chi connectivity index (χ2v) is 5.87. The van der Waals surface area contributed by atoms with Crippen LogP contribution in [-0.2, 0) is 11.3 Å². The average molecular weight is 300 g/mol. The van der Waals surface area contributed by atoms with E-state index in [-0.39, 0.29) is 0 Å². The molecule has 2 unspecified atom stereocenters. The summed E-state index contributed by atoms with van der Waals surface area (Å²) in [5.74, 6) is 0. The normalized spacial score (nSPS) is 22.8. The Morgan fingerprint density at radius 1 is 1.32 bits per heavy atom. The molecule has 1 saturated heterocycles. The number of rotatable bonds is 5. The topological polar surface area (TPSA) is 56.3 Å². The first-order chi connectivity index (χ1) is 10.8. The predicted molar refractivity (Wildman–Crippen MR) is 86.8 cm³/mol. The van der Waals surface area contributed by atoms with Crippen LogP contribution < -0.4 is 5.73 Å². The Balaban J connectivity index is 1.67. The number of aromatic nitrogens is 2. The summed E-state index contributed by atoms with van der Waals surface area (Å²) in [4.78, 5) is 2.45. The van der Waals surface area contributed by atoms with E-state index in [0.29, 0.717) is 18.7 Å². The van der Waals surface area contributed by atoms with Crippen LogP contribution >= 0.6 is 0 Å². The first kappa shape index (κ1) is 15.2. The van der Waals surface area contributed by atoms with Gasteiger partial charge in [-0.3, -0.25) is 4.90 Å². The fourth-order valence-electron chi connectivity index (χ4n) is 3.13. The van der Waals surface area contributed by atoms with E-state index in [9.17, 15) is 0 Å². The van der Waals surface area contributed by atoms with Crippen molar-refractivity contribution in [3.8, 4) is 5.69 Å². The first-order valence-electron chi connectivity index (χ1n) is 7.86. The van der Waals surface area contributed by atoms with Crippen LogP contribution in [0.1, 0.15) is 18.4 Å². The third-order valence-electron chi connectivity index (χ3n) is 4.44. The number of benzene rings is 1. The van der Waals surface area contributed by atoms with Gasteiger partial charge in [-0.2, -0.15) is 5.10 Å². The number of hydrogen-bond acceptors (Lipinski definition) is 4. The lowest BCUT2D eigenvalue weighted by Crippen LogP contribution is -2.47. The Kier molecular flexibility index (Phi) is 4.87. The third-order valence-corrected chi connectivity index (χ3v) is 4.44. The number of likely N-dealkylation sites (tertiary alicyclic amines) is 1. The van der Waals surface area contributed by atoms with Crippen LogP contribution in [0.5, 0.6) is 0 Å². The molecule has 1 aromatic carbocycles. The molecule has 118 valence electrons. The summed E-state index contributed by atoms with van der Waals surface area (Å²) in [7, 11) is 1.79. The molecule has 2 aromatic rings. The zero-order chi connectivity index (χ0) is 15.4. The van der Waals surface area contributed by atoms with Crippen LogP contribution in [0, 0.1) is 0 Å². The fraction of sp³-hybridized carbons (Fsp3) is 0.471. The number of hydrogen-bond donors (Lipinski definition) is 1. The number of nitrogens with zero attached hydrogens (tertiary/aromatic N) is 3. The van der Waals surface area contributed by atoms with Crippen LogP contribution in [0.3, 0.4) is 0 Å². The molecule has 1 aromatic heterocycles. The van der Waals surface area contributed by atoms with Crippen molar-refractivity contribution in [2.75, 3.05) is 20.2 Å². The summed E-state index contributed by atoms with van der Waals surface area (Å²) in [5, 5.41) is 4.47. The highest BCUT2D eigenvalue weighted by atomic mass is 16.5. The minimum Gasteiger partial charge on any atom is -0.381 e. The standard InChI is InChI=1S/C17H24N4O/c1-22-17-7-8-20(16(9-17)10-18)12-14-11-19-21(13-14)15-5-3-2-4-6-15/h2-6,11,13,16-17H,7-10,12,18H2,1H3. The van der Waals surface area contributed by atoms with Gasteiger partial charge in [-0.05, 0) is 25.0 Å². The van der Waals surface area contributed by atoms with Crippen LogP contribution in [-0.4, -0.2) is 47.0 Å². The summed E-state index contributed by atoms with van der Waals surface area (Å²) in [6.07, 6.45) is 6.48. The predicted octanol–water partition coefficient (Wildman–Crippen LogP) is 1.81. The third kappa shape index (κ3) is 3.38. The van der Waals surface area contributed by atoms with Gasteiger partial charge in [0.2, 0.25) is 0 Å². The Morgan fingerprint density at radius 2 is 2.14 bits per heavy atom. The summed E-state index contributed by atoms with van der Waals surface area (Å²) < 4.78 is 7.41. The highest BCUT2D eigenvalue weighted by molar-refractivity contribution is 5.30. The molecule has 0 bridgehead atoms. The van der Waals surface area contributed by atoms with E-state index in [1.807, 2.05) is 29.1 Å². The summed E-state index contributed by atoms with van der Waals surface area (Å²) in [5.41, 5.74) is 8.25. The van der Waals surface area contributed by atoms with E-state index < -0.39 is 0 Å². The van der Waals surface area contributed by atoms with Crippen molar-refractivity contribution in [2.24, 2.45) is 5.73 Å². The molecule has 5 nitrogen and oxygen atoms in total. The molecule has 0 radical (unpaired) electrons. The molecular weight excluding hydrogens is 276 g/mol. The number of nitrogens with two attached hydrogens (primary N) is 1. The van der Waals surface area contributed by atoms with Crippen LogP contribution in [0.2, 0.25) is 0 Å². The molecule has 2 N–H and O–H groups in total. The molecule has 0 spiro atoms. The highest BCUT2D eigenvalue weighted by Gasteiger charge is 2.27. The highest BCUT2D eigenvalue weighted by Crippen LogP contribution is 2.21. The van der Waals surface area contributed by atoms with Crippen LogP contribution in [0.4, 0.5) is 0 Å². The minimum atomic E-state index is 0.344. The SMILES string of the molecule is COC1CCN(Cc2cnn(-c3ccccc3)c2)C(CN)C1. The molecule has 1 aliphatic heterocycles. The fourth-order valence-corrected chi connectivity index (χ4v) is 3.13. The first-order valence-corrected chi connectivity index (χ1v) is 7.86. The summed E-state index contributed by atoms with van der Waals surface area (Å²) >= 11 is 0. The lowest BCUT2D eigenvalue weighted by Gasteiger charge is -2.38. The molecule has 1 aliphatic rings. The molecule has 2 atom stereocenters. The average Bonchev–Trinajstić information content (AvgIpc) is 3.04. The van der Waals surface area contributed by atoms with Crippen LogP contribution in [0.15, 0.2) is 42.7 Å². The zero-order valence-electron chi connectivity index (χ0n) is 13.1. The van der Waals surface area contributed by atoms with E-state index in [1.165, 1.54) is 5.56 Å². The molecule has 0 aliphatic carbocycles. The van der Waals surface area contributed by atoms with Crippen molar-refractivity contribution in [1.82, 2.24) is 14.7 Å². The van der Waals surface area contributed by atoms with Gasteiger partial charge in [-0.1, -0.05) is 18.2 Å². The van der Waals surface area contributed by atoms with E-state index in [2.05, 4.69) is 28.3 Å². The van der Waals surface area contributed by atoms with Crippen molar-refractivity contribution >= 4 is 0 Å². The van der Waals surface area contributed by atoms with Gasteiger partial charge in [-0.15, -0.1) is 0 Å². The molecule has 2 heterocycles. The molecule has 22 heavy (non-hydrogen) atoms.